The van der Waals surface area contributed by atoms with Crippen molar-refractivity contribution in [3.8, 4) is 0 Å². The highest BCUT2D eigenvalue weighted by atomic mass is 31.1. The number of hydrogen-bond donors (Lipinski definition) is 0. The SMILES string of the molecule is Cc1nnc([P+](C)=O)n1C. The molecular weight excluding hydrogens is 149 g/mol. The van der Waals surface area contributed by atoms with Crippen LogP contribution in [0.1, 0.15) is 5.82 Å². The standard InChI is InChI=1S/C5H9N3OP/c1-4-6-7-5(8(4)2)10(3)9/h1-3H3/q+1. The molecule has 1 aromatic heterocycles. The lowest BCUT2D eigenvalue weighted by Gasteiger charge is -1.87. The molecule has 1 aromatic rings. The Morgan fingerprint density at radius 2 is 2.10 bits per heavy atom. The van der Waals surface area contributed by atoms with Crippen LogP contribution in [-0.4, -0.2) is 21.4 Å². The van der Waals surface area contributed by atoms with E-state index in [0.717, 1.165) is 5.82 Å². The van der Waals surface area contributed by atoms with Crippen LogP contribution in [0.5, 0.6) is 0 Å². The first-order valence-corrected chi connectivity index (χ1v) is 4.60. The largest absolute Gasteiger partial charge is 0.415 e. The fraction of sp³-hybridized carbons (Fsp3) is 0.600. The molecule has 0 saturated carbocycles. The van der Waals surface area contributed by atoms with Crippen molar-refractivity contribution in [3.63, 3.8) is 0 Å². The third-order valence-corrected chi connectivity index (χ3v) is 2.30. The van der Waals surface area contributed by atoms with Crippen LogP contribution in [0.2, 0.25) is 0 Å². The van der Waals surface area contributed by atoms with Gasteiger partial charge in [0.25, 0.3) is 0 Å². The average Bonchev–Trinajstić information content (AvgIpc) is 2.14. The lowest BCUT2D eigenvalue weighted by molar-refractivity contribution is 0.594. The second-order valence-electron chi connectivity index (χ2n) is 2.10. The van der Waals surface area contributed by atoms with Gasteiger partial charge in [-0.05, 0) is 6.92 Å². The van der Waals surface area contributed by atoms with Crippen LogP contribution < -0.4 is 5.57 Å². The van der Waals surface area contributed by atoms with Crippen molar-refractivity contribution in [3.05, 3.63) is 5.82 Å². The van der Waals surface area contributed by atoms with Crippen LogP contribution in [0.3, 0.4) is 0 Å². The molecule has 0 aliphatic carbocycles. The van der Waals surface area contributed by atoms with Crippen molar-refractivity contribution in [2.45, 2.75) is 6.92 Å². The number of nitrogens with zero attached hydrogens (tertiary/aromatic N) is 3. The van der Waals surface area contributed by atoms with Crippen LogP contribution >= 0.6 is 7.80 Å². The fourth-order valence-electron chi connectivity index (χ4n) is 0.670. The van der Waals surface area contributed by atoms with E-state index in [4.69, 9.17) is 0 Å². The summed E-state index contributed by atoms with van der Waals surface area (Å²) in [6.07, 6.45) is 0. The molecule has 0 aromatic carbocycles. The second kappa shape index (κ2) is 2.46. The van der Waals surface area contributed by atoms with E-state index in [0.29, 0.717) is 5.57 Å². The molecule has 0 saturated heterocycles. The summed E-state index contributed by atoms with van der Waals surface area (Å²) in [7, 11) is 0.451. The smallest absolute Gasteiger partial charge is 0.276 e. The van der Waals surface area contributed by atoms with E-state index in [-0.39, 0.29) is 0 Å². The third kappa shape index (κ3) is 1.07. The third-order valence-electron chi connectivity index (χ3n) is 1.35. The van der Waals surface area contributed by atoms with Crippen molar-refractivity contribution in [2.24, 2.45) is 7.05 Å². The minimum atomic E-state index is -1.36. The molecule has 1 heterocycles. The molecule has 0 spiro atoms. The van der Waals surface area contributed by atoms with E-state index in [2.05, 4.69) is 10.2 Å². The van der Waals surface area contributed by atoms with Crippen LogP contribution in [0, 0.1) is 6.92 Å². The highest BCUT2D eigenvalue weighted by molar-refractivity contribution is 7.52. The van der Waals surface area contributed by atoms with Gasteiger partial charge in [0.2, 0.25) is 0 Å². The molecule has 0 aliphatic heterocycles. The van der Waals surface area contributed by atoms with E-state index in [1.165, 1.54) is 0 Å². The molecule has 0 fully saturated rings. The monoisotopic (exact) mass is 158 g/mol. The summed E-state index contributed by atoms with van der Waals surface area (Å²) >= 11 is 0. The Bertz CT molecular complexity index is 268. The Balaban J connectivity index is 3.17. The van der Waals surface area contributed by atoms with Crippen LogP contribution in [0.4, 0.5) is 0 Å². The van der Waals surface area contributed by atoms with Crippen molar-refractivity contribution in [1.82, 2.24) is 14.8 Å². The van der Waals surface area contributed by atoms with Gasteiger partial charge in [0, 0.05) is 7.05 Å². The Morgan fingerprint density at radius 3 is 2.30 bits per heavy atom. The highest BCUT2D eigenvalue weighted by Gasteiger charge is 2.20. The lowest BCUT2D eigenvalue weighted by Crippen LogP contribution is -2.11. The summed E-state index contributed by atoms with van der Waals surface area (Å²) in [5.74, 6) is 0.792. The van der Waals surface area contributed by atoms with Crippen LogP contribution in [-0.2, 0) is 11.6 Å². The maximum Gasteiger partial charge on any atom is 0.415 e. The first kappa shape index (κ1) is 7.35. The minimum absolute atomic E-state index is 0.563. The quantitative estimate of drug-likeness (QED) is 0.549. The maximum absolute atomic E-state index is 10.9. The van der Waals surface area contributed by atoms with Gasteiger partial charge in [0.1, 0.15) is 12.5 Å². The predicted molar refractivity (Wildman–Crippen MR) is 38.9 cm³/mol. The first-order chi connectivity index (χ1) is 4.63. The summed E-state index contributed by atoms with van der Waals surface area (Å²) in [5, 5.41) is 7.51. The molecule has 10 heavy (non-hydrogen) atoms. The van der Waals surface area contributed by atoms with E-state index >= 15 is 0 Å². The van der Waals surface area contributed by atoms with E-state index in [9.17, 15) is 4.57 Å². The Morgan fingerprint density at radius 1 is 1.50 bits per heavy atom. The predicted octanol–water partition coefficient (Wildman–Crippen LogP) is 0.206. The van der Waals surface area contributed by atoms with Crippen molar-refractivity contribution in [1.29, 1.82) is 0 Å². The molecule has 1 atom stereocenters. The fourth-order valence-corrected chi connectivity index (χ4v) is 1.41. The molecule has 1 unspecified atom stereocenters. The molecule has 0 N–H and O–H groups in total. The van der Waals surface area contributed by atoms with Gasteiger partial charge in [-0.3, -0.25) is 4.57 Å². The first-order valence-electron chi connectivity index (χ1n) is 2.90. The van der Waals surface area contributed by atoms with E-state index in [1.54, 1.807) is 18.3 Å². The molecule has 0 aliphatic rings. The van der Waals surface area contributed by atoms with Gasteiger partial charge in [-0.25, -0.2) is 0 Å². The molecule has 54 valence electrons. The molecule has 1 rings (SSSR count). The zero-order valence-electron chi connectivity index (χ0n) is 6.20. The van der Waals surface area contributed by atoms with Gasteiger partial charge < -0.3 is 0 Å². The molecule has 0 amide bonds. The van der Waals surface area contributed by atoms with Crippen molar-refractivity contribution in [2.75, 3.05) is 6.66 Å². The molecule has 0 bridgehead atoms. The number of aromatic nitrogens is 3. The zero-order valence-corrected chi connectivity index (χ0v) is 7.09. The van der Waals surface area contributed by atoms with Crippen LogP contribution in [0.25, 0.3) is 0 Å². The van der Waals surface area contributed by atoms with Gasteiger partial charge in [-0.15, -0.1) is 5.10 Å². The summed E-state index contributed by atoms with van der Waals surface area (Å²) in [5.41, 5.74) is 0.563. The summed E-state index contributed by atoms with van der Waals surface area (Å²) in [6, 6.07) is 0. The summed E-state index contributed by atoms with van der Waals surface area (Å²) in [6.45, 7) is 3.45. The molecular formula is C5H9N3OP+. The van der Waals surface area contributed by atoms with Gasteiger partial charge in [-0.1, -0.05) is 9.66 Å². The topological polar surface area (TPSA) is 47.8 Å². The van der Waals surface area contributed by atoms with Gasteiger partial charge in [0.05, 0.1) is 0 Å². The van der Waals surface area contributed by atoms with E-state index < -0.39 is 7.80 Å². The maximum atomic E-state index is 10.9. The number of hydrogen-bond acceptors (Lipinski definition) is 3. The van der Waals surface area contributed by atoms with Gasteiger partial charge in [-0.2, -0.15) is 0 Å². The number of rotatable bonds is 1. The second-order valence-corrected chi connectivity index (χ2v) is 3.50. The zero-order chi connectivity index (χ0) is 7.72. The Hall–Kier alpha value is -0.760. The summed E-state index contributed by atoms with van der Waals surface area (Å²) < 4.78 is 12.6. The minimum Gasteiger partial charge on any atom is -0.276 e. The Kier molecular flexibility index (Phi) is 1.81. The van der Waals surface area contributed by atoms with Gasteiger partial charge in [0.15, 0.2) is 0 Å². The normalized spacial score (nSPS) is 11.7. The van der Waals surface area contributed by atoms with Gasteiger partial charge >= 0.3 is 13.4 Å². The highest BCUT2D eigenvalue weighted by Crippen LogP contribution is 2.10. The molecule has 5 heteroatoms. The van der Waals surface area contributed by atoms with E-state index in [1.807, 2.05) is 6.92 Å². The number of aryl methyl sites for hydroxylation is 1. The Labute approximate surface area is 60.1 Å². The lowest BCUT2D eigenvalue weighted by atomic mass is 10.7. The summed E-state index contributed by atoms with van der Waals surface area (Å²) in [4.78, 5) is 0. The average molecular weight is 158 g/mol. The molecule has 0 radical (unpaired) electrons. The van der Waals surface area contributed by atoms with Crippen molar-refractivity contribution >= 4 is 13.4 Å². The molecule has 4 nitrogen and oxygen atoms in total. The van der Waals surface area contributed by atoms with Crippen molar-refractivity contribution < 1.29 is 4.57 Å². The van der Waals surface area contributed by atoms with Crippen LogP contribution in [0.15, 0.2) is 0 Å².